The van der Waals surface area contributed by atoms with Gasteiger partial charge in [0.2, 0.25) is 0 Å². The minimum atomic E-state index is -0.943. The van der Waals surface area contributed by atoms with Gasteiger partial charge < -0.3 is 0 Å². The van der Waals surface area contributed by atoms with Gasteiger partial charge in [-0.15, -0.1) is 0 Å². The molecule has 96 valence electrons. The predicted molar refractivity (Wildman–Crippen MR) is 78.2 cm³/mol. The minimum Gasteiger partial charge on any atom is -0.243 e. The standard InChI is InChI=1S/C17H21F/c1-12(2)13(3)9-10-14(4)16-7-6-8-17(11-16)15(5)18/h6-11,15H,4H2,1-3,5H3/b10-9-. The van der Waals surface area contributed by atoms with E-state index in [1.165, 1.54) is 11.1 Å². The largest absolute Gasteiger partial charge is 0.243 e. The molecule has 0 aliphatic carbocycles. The molecule has 1 aromatic carbocycles. The van der Waals surface area contributed by atoms with Gasteiger partial charge in [-0.3, -0.25) is 0 Å². The third kappa shape index (κ3) is 3.99. The monoisotopic (exact) mass is 244 g/mol. The number of halogens is 1. The molecule has 0 radical (unpaired) electrons. The quantitative estimate of drug-likeness (QED) is 0.601. The van der Waals surface area contributed by atoms with Crippen LogP contribution in [0.3, 0.4) is 0 Å². The van der Waals surface area contributed by atoms with Crippen molar-refractivity contribution in [3.8, 4) is 0 Å². The summed E-state index contributed by atoms with van der Waals surface area (Å²) < 4.78 is 13.2. The van der Waals surface area contributed by atoms with Gasteiger partial charge in [0, 0.05) is 0 Å². The van der Waals surface area contributed by atoms with Gasteiger partial charge in [0.25, 0.3) is 0 Å². The van der Waals surface area contributed by atoms with Crippen molar-refractivity contribution in [1.82, 2.24) is 0 Å². The highest BCUT2D eigenvalue weighted by Crippen LogP contribution is 2.22. The molecule has 0 saturated heterocycles. The summed E-state index contributed by atoms with van der Waals surface area (Å²) in [6, 6.07) is 7.48. The van der Waals surface area contributed by atoms with Gasteiger partial charge in [-0.1, -0.05) is 48.1 Å². The molecule has 1 rings (SSSR count). The molecule has 18 heavy (non-hydrogen) atoms. The summed E-state index contributed by atoms with van der Waals surface area (Å²) in [5, 5.41) is 0. The number of alkyl halides is 1. The van der Waals surface area contributed by atoms with Crippen LogP contribution >= 0.6 is 0 Å². The molecule has 0 aliphatic rings. The van der Waals surface area contributed by atoms with Crippen LogP contribution in [0.2, 0.25) is 0 Å². The SMILES string of the molecule is C=C(/C=C\C(C)=C(C)C)c1cccc(C(C)F)c1. The van der Waals surface area contributed by atoms with E-state index in [9.17, 15) is 4.39 Å². The first-order valence-electron chi connectivity index (χ1n) is 6.17. The Morgan fingerprint density at radius 2 is 1.89 bits per heavy atom. The maximum atomic E-state index is 13.2. The average molecular weight is 244 g/mol. The zero-order valence-electron chi connectivity index (χ0n) is 11.6. The third-order valence-corrected chi connectivity index (χ3v) is 3.04. The van der Waals surface area contributed by atoms with Crippen molar-refractivity contribution in [2.24, 2.45) is 0 Å². The van der Waals surface area contributed by atoms with Crippen molar-refractivity contribution in [2.45, 2.75) is 33.9 Å². The first kappa shape index (κ1) is 14.4. The molecule has 0 amide bonds. The highest BCUT2D eigenvalue weighted by atomic mass is 19.1. The highest BCUT2D eigenvalue weighted by molar-refractivity contribution is 5.72. The molecule has 0 spiro atoms. The van der Waals surface area contributed by atoms with Gasteiger partial charge in [0.1, 0.15) is 6.17 Å². The fraction of sp³-hybridized carbons (Fsp3) is 0.294. The Labute approximate surface area is 110 Å². The molecule has 0 bridgehead atoms. The van der Waals surface area contributed by atoms with Crippen LogP contribution in [0.25, 0.3) is 5.57 Å². The summed E-state index contributed by atoms with van der Waals surface area (Å²) in [7, 11) is 0. The molecule has 1 unspecified atom stereocenters. The topological polar surface area (TPSA) is 0 Å². The van der Waals surface area contributed by atoms with Crippen molar-refractivity contribution >= 4 is 5.57 Å². The highest BCUT2D eigenvalue weighted by Gasteiger charge is 2.04. The van der Waals surface area contributed by atoms with E-state index in [1.54, 1.807) is 13.0 Å². The number of benzene rings is 1. The van der Waals surface area contributed by atoms with Gasteiger partial charge in [-0.2, -0.15) is 0 Å². The Kier molecular flexibility index (Phi) is 5.08. The molecular weight excluding hydrogens is 223 g/mol. The molecule has 0 heterocycles. The maximum Gasteiger partial charge on any atom is 0.122 e. The Balaban J connectivity index is 2.92. The second-order valence-corrected chi connectivity index (χ2v) is 4.78. The molecule has 0 saturated carbocycles. The number of allylic oxidation sites excluding steroid dienone is 5. The lowest BCUT2D eigenvalue weighted by atomic mass is 10.0. The van der Waals surface area contributed by atoms with Gasteiger partial charge >= 0.3 is 0 Å². The molecule has 0 aromatic heterocycles. The van der Waals surface area contributed by atoms with Gasteiger partial charge in [-0.25, -0.2) is 4.39 Å². The summed E-state index contributed by atoms with van der Waals surface area (Å²) in [4.78, 5) is 0. The zero-order chi connectivity index (χ0) is 13.7. The molecular formula is C17H21F. The summed E-state index contributed by atoms with van der Waals surface area (Å²) in [6.45, 7) is 11.8. The lowest BCUT2D eigenvalue weighted by molar-refractivity contribution is 0.374. The predicted octanol–water partition coefficient (Wildman–Crippen LogP) is 5.64. The minimum absolute atomic E-state index is 0.695. The van der Waals surface area contributed by atoms with E-state index in [0.29, 0.717) is 5.56 Å². The Bertz CT molecular complexity index is 486. The lowest BCUT2D eigenvalue weighted by Gasteiger charge is -2.06. The molecule has 1 heteroatoms. The number of hydrogen-bond acceptors (Lipinski definition) is 0. The van der Waals surface area contributed by atoms with Crippen LogP contribution in [0, 0.1) is 0 Å². The summed E-state index contributed by atoms with van der Waals surface area (Å²) >= 11 is 0. The van der Waals surface area contributed by atoms with Crippen molar-refractivity contribution in [1.29, 1.82) is 0 Å². The Hall–Kier alpha value is -1.63. The first-order chi connectivity index (χ1) is 8.41. The van der Waals surface area contributed by atoms with E-state index in [1.807, 2.05) is 30.4 Å². The third-order valence-electron chi connectivity index (χ3n) is 3.04. The van der Waals surface area contributed by atoms with Gasteiger partial charge in [-0.05, 0) is 50.5 Å². The summed E-state index contributed by atoms with van der Waals surface area (Å²) in [6.07, 6.45) is 3.08. The van der Waals surface area contributed by atoms with Crippen LogP contribution in [0.4, 0.5) is 4.39 Å². The van der Waals surface area contributed by atoms with Crippen LogP contribution in [0.15, 0.2) is 54.1 Å². The van der Waals surface area contributed by atoms with E-state index < -0.39 is 6.17 Å². The number of rotatable bonds is 4. The molecule has 0 nitrogen and oxygen atoms in total. The zero-order valence-corrected chi connectivity index (χ0v) is 11.6. The molecule has 0 aliphatic heterocycles. The fourth-order valence-electron chi connectivity index (χ4n) is 1.47. The maximum absolute atomic E-state index is 13.2. The van der Waals surface area contributed by atoms with Crippen molar-refractivity contribution in [3.05, 3.63) is 65.3 Å². The van der Waals surface area contributed by atoms with Crippen LogP contribution in [0.1, 0.15) is 45.0 Å². The van der Waals surface area contributed by atoms with Gasteiger partial charge in [0.05, 0.1) is 0 Å². The van der Waals surface area contributed by atoms with E-state index in [2.05, 4.69) is 27.4 Å². The first-order valence-corrected chi connectivity index (χ1v) is 6.17. The van der Waals surface area contributed by atoms with E-state index >= 15 is 0 Å². The van der Waals surface area contributed by atoms with Crippen molar-refractivity contribution < 1.29 is 4.39 Å². The fourth-order valence-corrected chi connectivity index (χ4v) is 1.47. The molecule has 0 N–H and O–H groups in total. The van der Waals surface area contributed by atoms with Crippen LogP contribution in [-0.4, -0.2) is 0 Å². The average Bonchev–Trinajstić information content (AvgIpc) is 2.35. The van der Waals surface area contributed by atoms with E-state index in [4.69, 9.17) is 0 Å². The molecule has 1 aromatic rings. The smallest absolute Gasteiger partial charge is 0.122 e. The van der Waals surface area contributed by atoms with Gasteiger partial charge in [0.15, 0.2) is 0 Å². The normalized spacial score (nSPS) is 12.5. The summed E-state index contributed by atoms with van der Waals surface area (Å²) in [5.41, 5.74) is 5.07. The number of hydrogen-bond donors (Lipinski definition) is 0. The second kappa shape index (κ2) is 6.34. The van der Waals surface area contributed by atoms with Crippen LogP contribution in [0.5, 0.6) is 0 Å². The molecule has 1 atom stereocenters. The van der Waals surface area contributed by atoms with Crippen LogP contribution in [-0.2, 0) is 0 Å². The molecule has 0 fully saturated rings. The van der Waals surface area contributed by atoms with Crippen molar-refractivity contribution in [3.63, 3.8) is 0 Å². The Morgan fingerprint density at radius 3 is 2.44 bits per heavy atom. The lowest BCUT2D eigenvalue weighted by Crippen LogP contribution is -1.87. The second-order valence-electron chi connectivity index (χ2n) is 4.78. The van der Waals surface area contributed by atoms with E-state index in [0.717, 1.165) is 11.1 Å². The van der Waals surface area contributed by atoms with Crippen LogP contribution < -0.4 is 0 Å². The van der Waals surface area contributed by atoms with Crippen molar-refractivity contribution in [2.75, 3.05) is 0 Å². The summed E-state index contributed by atoms with van der Waals surface area (Å²) in [5.74, 6) is 0. The van der Waals surface area contributed by atoms with E-state index in [-0.39, 0.29) is 0 Å². The Morgan fingerprint density at radius 1 is 1.22 bits per heavy atom.